The maximum absolute atomic E-state index is 12.6. The van der Waals surface area contributed by atoms with Gasteiger partial charge in [0.25, 0.3) is 0 Å². The lowest BCUT2D eigenvalue weighted by Gasteiger charge is -2.25. The predicted octanol–water partition coefficient (Wildman–Crippen LogP) is 27.2. The van der Waals surface area contributed by atoms with E-state index in [0.717, 1.165) is 51.1 Å². The van der Waals surface area contributed by atoms with Gasteiger partial charge in [0.05, 0.1) is 35.5 Å². The second kappa shape index (κ2) is 50.4. The third-order valence-electron chi connectivity index (χ3n) is 22.4. The molecule has 746 valence electrons. The standard InChI is InChI=1S/2C25H30O3.3C20H22O4.C10H14O3/c1-17(2)7-14-21-22(25(3,4)5)15-10-19(24(21)28-6)11-16-23(27)18-8-12-20(26)13-9-18;1-17(2)7-14-21-23(27)16-11-19(24(21)28-6)10-15-22(26)18-8-12-20(13-9-18)25(3,4)5;1-20(2,3)16-11-7-14(19(24-4)18(16)23)8-12-17(22)13-5-9-15(21)10-6-13;1-20(2,3)18-17(23)12-8-14(19(18)24-4)7-11-16(22)13-5-9-15(21)10-6-13;1-20(2,3)15-9-5-13(6-10-15)16(21)11-7-14-8-12-17(22)18(23)19(14)24-4;1-10(2,3)6-4-7(11)9(13)8(12)5-6/h7-13,15-16,26H,14H2,1-6H3;7-13,15-16,27H,14H2,1-6H3;2*5-12,21,23H,1-4H3;5-12,22-23H,1-4H3;4-5,11-13H,1-3H3/b16-11+;15-10+;12-8+;2*11-7+;. The SMILES string of the molecule is CC(C)(C)c1cc(O)c(O)c(O)c1.COc1c(/C=C/C(=O)c2ccc(C(C)(C)C)cc2)ccc(O)c1CC=C(C)C.COc1c(/C=C/C(=O)c2ccc(C(C)(C)C)cc2)ccc(O)c1O.COc1c(/C=C/C(=O)c2ccc(O)cc2)ccc(C(C)(C)C)c1CC=C(C)C.COc1c(/C=C/C(=O)c2ccc(O)cc2)ccc(C(C)(C)C)c1O.COc1c(/C=C/C(=O)c2ccc(O)cc2)ccc(O)c1C(C)(C)C. The fourth-order valence-electron chi connectivity index (χ4n) is 14.4. The van der Waals surface area contributed by atoms with Crippen molar-refractivity contribution in [2.24, 2.45) is 0 Å². The van der Waals surface area contributed by atoms with Crippen LogP contribution >= 0.6 is 0 Å². The third-order valence-corrected chi connectivity index (χ3v) is 22.4. The normalized spacial score (nSPS) is 11.6. The number of rotatable bonds is 24. The zero-order chi connectivity index (χ0) is 106. The number of phenolic OH excluding ortho intramolecular Hbond substituents is 11. The molecule has 0 spiro atoms. The molecule has 0 bridgehead atoms. The van der Waals surface area contributed by atoms with E-state index in [0.29, 0.717) is 79.3 Å². The zero-order valence-corrected chi connectivity index (χ0v) is 86.3. The molecule has 0 aliphatic heterocycles. The lowest BCUT2D eigenvalue weighted by atomic mass is 9.81. The van der Waals surface area contributed by atoms with E-state index in [1.807, 2.05) is 137 Å². The highest BCUT2D eigenvalue weighted by atomic mass is 16.5. The molecule has 11 aromatic rings. The molecule has 0 unspecified atom stereocenters. The van der Waals surface area contributed by atoms with E-state index in [-0.39, 0.29) is 125 Å². The molecule has 11 N–H and O–H groups in total. The monoisotopic (exact) mass is 1920 g/mol. The number of ketones is 5. The third kappa shape index (κ3) is 33.5. The first-order valence-electron chi connectivity index (χ1n) is 46.0. The molecule has 0 saturated carbocycles. The number of allylic oxidation sites excluding steroid dienone is 9. The van der Waals surface area contributed by atoms with Crippen LogP contribution in [0.15, 0.2) is 248 Å². The van der Waals surface area contributed by atoms with Gasteiger partial charge in [-0.25, -0.2) is 0 Å². The molecule has 0 amide bonds. The average Bonchev–Trinajstić information content (AvgIpc) is 0.791. The Bertz CT molecular complexity index is 6360. The lowest BCUT2D eigenvalue weighted by molar-refractivity contribution is 0.103. The number of phenols is 11. The largest absolute Gasteiger partial charge is 0.508 e. The molecule has 0 fully saturated rings. The molecule has 21 nitrogen and oxygen atoms in total. The quantitative estimate of drug-likeness (QED) is 0.0116. The van der Waals surface area contributed by atoms with Gasteiger partial charge in [-0.15, -0.1) is 0 Å². The van der Waals surface area contributed by atoms with E-state index in [1.165, 1.54) is 104 Å². The lowest BCUT2D eigenvalue weighted by Crippen LogP contribution is -2.15. The minimum absolute atomic E-state index is 0.0117. The highest BCUT2D eigenvalue weighted by molar-refractivity contribution is 6.10. The molecule has 0 radical (unpaired) electrons. The van der Waals surface area contributed by atoms with E-state index < -0.39 is 5.75 Å². The Morgan fingerprint density at radius 3 is 0.809 bits per heavy atom. The van der Waals surface area contributed by atoms with Crippen molar-refractivity contribution in [3.8, 4) is 92.0 Å². The average molecular weight is 1920 g/mol. The fourth-order valence-corrected chi connectivity index (χ4v) is 14.4. The smallest absolute Gasteiger partial charge is 0.201 e. The van der Waals surface area contributed by atoms with Crippen molar-refractivity contribution < 1.29 is 104 Å². The van der Waals surface area contributed by atoms with Gasteiger partial charge in [-0.05, 0) is 277 Å². The number of carbonyl (C=O) groups excluding carboxylic acids is 5. The highest BCUT2D eigenvalue weighted by Gasteiger charge is 2.28. The number of methoxy groups -OCH3 is 5. The van der Waals surface area contributed by atoms with Gasteiger partial charge in [-0.3, -0.25) is 24.0 Å². The van der Waals surface area contributed by atoms with Crippen LogP contribution in [0.1, 0.15) is 276 Å². The maximum atomic E-state index is 12.6. The van der Waals surface area contributed by atoms with E-state index in [9.17, 15) is 75.0 Å². The Morgan fingerprint density at radius 2 is 0.511 bits per heavy atom. The van der Waals surface area contributed by atoms with Crippen LogP contribution in [-0.2, 0) is 45.3 Å². The molecule has 141 heavy (non-hydrogen) atoms. The molecule has 0 heterocycles. The molecule has 0 aromatic heterocycles. The summed E-state index contributed by atoms with van der Waals surface area (Å²) in [7, 11) is 7.67. The second-order valence-electron chi connectivity index (χ2n) is 40.2. The topological polar surface area (TPSA) is 354 Å². The van der Waals surface area contributed by atoms with Crippen LogP contribution in [0.4, 0.5) is 0 Å². The molecule has 21 heteroatoms. The zero-order valence-electron chi connectivity index (χ0n) is 86.3. The molecular weight excluding hydrogens is 1780 g/mol. The van der Waals surface area contributed by atoms with Gasteiger partial charge in [0, 0.05) is 77.9 Å². The van der Waals surface area contributed by atoms with Gasteiger partial charge >= 0.3 is 0 Å². The molecule has 0 aliphatic carbocycles. The molecule has 0 aliphatic rings. The molecule has 11 rings (SSSR count). The van der Waals surface area contributed by atoms with Crippen molar-refractivity contribution in [2.75, 3.05) is 35.5 Å². The van der Waals surface area contributed by atoms with Crippen molar-refractivity contribution in [2.45, 2.75) is 198 Å². The summed E-state index contributed by atoms with van der Waals surface area (Å²) in [6.45, 7) is 45.4. The van der Waals surface area contributed by atoms with Crippen molar-refractivity contribution in [3.63, 3.8) is 0 Å². The van der Waals surface area contributed by atoms with Crippen molar-refractivity contribution in [1.82, 2.24) is 0 Å². The first kappa shape index (κ1) is 114. The van der Waals surface area contributed by atoms with E-state index >= 15 is 0 Å². The van der Waals surface area contributed by atoms with Crippen LogP contribution in [0.3, 0.4) is 0 Å². The molecule has 0 saturated heterocycles. The first-order valence-corrected chi connectivity index (χ1v) is 46.0. The number of ether oxygens (including phenoxy) is 5. The van der Waals surface area contributed by atoms with Crippen molar-refractivity contribution >= 4 is 59.3 Å². The number of carbonyl (C=O) groups is 5. The molecule has 11 aromatic carbocycles. The second-order valence-corrected chi connectivity index (χ2v) is 40.2. The number of hydrogen-bond donors (Lipinski definition) is 11. The number of hydrogen-bond acceptors (Lipinski definition) is 21. The highest BCUT2D eigenvalue weighted by Crippen LogP contribution is 2.46. The summed E-state index contributed by atoms with van der Waals surface area (Å²) in [5.74, 6) is 0.868. The minimum atomic E-state index is -0.465. The summed E-state index contributed by atoms with van der Waals surface area (Å²) in [5, 5.41) is 106. The van der Waals surface area contributed by atoms with E-state index in [4.69, 9.17) is 28.8 Å². The van der Waals surface area contributed by atoms with Crippen LogP contribution in [0.5, 0.6) is 92.0 Å². The summed E-state index contributed by atoms with van der Waals surface area (Å²) in [4.78, 5) is 61.7. The summed E-state index contributed by atoms with van der Waals surface area (Å²) in [6.07, 6.45) is 21.3. The summed E-state index contributed by atoms with van der Waals surface area (Å²) in [5.41, 5.74) is 15.7. The number of aromatic hydroxyl groups is 11. The van der Waals surface area contributed by atoms with Gasteiger partial charge in [-0.2, -0.15) is 0 Å². The van der Waals surface area contributed by atoms with Gasteiger partial charge < -0.3 is 79.9 Å². The predicted molar refractivity (Wildman–Crippen MR) is 567 cm³/mol. The Kier molecular flexibility index (Phi) is 40.9. The fraction of sp³-hybridized carbons (Fsp3) is 0.292. The van der Waals surface area contributed by atoms with Crippen molar-refractivity contribution in [1.29, 1.82) is 0 Å². The molecular formula is C120H140O21. The van der Waals surface area contributed by atoms with Gasteiger partial charge in [0.1, 0.15) is 46.0 Å². The van der Waals surface area contributed by atoms with Crippen LogP contribution in [-0.4, -0.2) is 121 Å². The van der Waals surface area contributed by atoms with Crippen LogP contribution in [0, 0.1) is 0 Å². The Labute approximate surface area is 831 Å². The Balaban J connectivity index is 0.000000262. The van der Waals surface area contributed by atoms with Gasteiger partial charge in [0.15, 0.2) is 69.2 Å². The van der Waals surface area contributed by atoms with Gasteiger partial charge in [0.2, 0.25) is 5.75 Å². The Morgan fingerprint density at radius 1 is 0.248 bits per heavy atom. The summed E-state index contributed by atoms with van der Waals surface area (Å²) >= 11 is 0. The van der Waals surface area contributed by atoms with Crippen LogP contribution in [0.2, 0.25) is 0 Å². The van der Waals surface area contributed by atoms with E-state index in [1.54, 1.807) is 143 Å². The number of benzene rings is 11. The van der Waals surface area contributed by atoms with E-state index in [2.05, 4.69) is 88.3 Å². The summed E-state index contributed by atoms with van der Waals surface area (Å²) < 4.78 is 27.2. The van der Waals surface area contributed by atoms with Crippen LogP contribution in [0.25, 0.3) is 30.4 Å². The maximum Gasteiger partial charge on any atom is 0.201 e. The van der Waals surface area contributed by atoms with Crippen LogP contribution < -0.4 is 23.7 Å². The van der Waals surface area contributed by atoms with Crippen molar-refractivity contribution in [3.05, 3.63) is 348 Å². The Hall–Kier alpha value is -15.3. The minimum Gasteiger partial charge on any atom is -0.508 e. The summed E-state index contributed by atoms with van der Waals surface area (Å²) in [6, 6.07) is 53.9. The van der Waals surface area contributed by atoms with Gasteiger partial charge in [-0.1, -0.05) is 221 Å². The first-order chi connectivity index (χ1) is 65.8. The molecule has 0 atom stereocenters.